The zero-order chi connectivity index (χ0) is 16.3. The van der Waals surface area contributed by atoms with Gasteiger partial charge in [0, 0.05) is 6.26 Å². The monoisotopic (exact) mass is 320 g/mol. The lowest BCUT2D eigenvalue weighted by molar-refractivity contribution is -0.150. The van der Waals surface area contributed by atoms with E-state index in [0.717, 1.165) is 19.1 Å². The van der Waals surface area contributed by atoms with Gasteiger partial charge in [-0.3, -0.25) is 4.79 Å². The SMILES string of the molecule is CC1CCCC(NC(=O)C(N)CCS(C)(=O)=O)(C(=O)O)C1. The molecule has 0 aromatic carbocycles. The van der Waals surface area contributed by atoms with Crippen LogP contribution >= 0.6 is 0 Å². The number of rotatable bonds is 6. The van der Waals surface area contributed by atoms with Crippen LogP contribution in [0.25, 0.3) is 0 Å². The summed E-state index contributed by atoms with van der Waals surface area (Å²) in [6, 6.07) is -1.02. The molecule has 1 fully saturated rings. The maximum atomic E-state index is 12.1. The number of carboxylic acid groups (broad SMARTS) is 1. The first kappa shape index (κ1) is 17.9. The molecule has 0 aliphatic heterocycles. The molecular formula is C13H24N2O5S. The molecule has 7 nitrogen and oxygen atoms in total. The van der Waals surface area contributed by atoms with Gasteiger partial charge in [0.05, 0.1) is 11.8 Å². The second kappa shape index (κ2) is 6.74. The minimum Gasteiger partial charge on any atom is -0.480 e. The molecule has 21 heavy (non-hydrogen) atoms. The third-order valence-electron chi connectivity index (χ3n) is 3.91. The van der Waals surface area contributed by atoms with Gasteiger partial charge >= 0.3 is 5.97 Å². The number of carboxylic acids is 1. The Balaban J connectivity index is 2.71. The minimum absolute atomic E-state index is 0.0179. The van der Waals surface area contributed by atoms with Crippen molar-refractivity contribution in [2.45, 2.75) is 50.6 Å². The van der Waals surface area contributed by atoms with Gasteiger partial charge < -0.3 is 16.2 Å². The van der Waals surface area contributed by atoms with Crippen LogP contribution in [0.5, 0.6) is 0 Å². The summed E-state index contributed by atoms with van der Waals surface area (Å²) in [6.07, 6.45) is 3.45. The molecule has 122 valence electrons. The summed E-state index contributed by atoms with van der Waals surface area (Å²) >= 11 is 0. The fourth-order valence-corrected chi connectivity index (χ4v) is 3.40. The fourth-order valence-electron chi connectivity index (χ4n) is 2.71. The van der Waals surface area contributed by atoms with Gasteiger partial charge in [-0.15, -0.1) is 0 Å². The van der Waals surface area contributed by atoms with Gasteiger partial charge in [-0.05, 0) is 25.2 Å². The highest BCUT2D eigenvalue weighted by molar-refractivity contribution is 7.90. The van der Waals surface area contributed by atoms with Crippen molar-refractivity contribution in [3.63, 3.8) is 0 Å². The summed E-state index contributed by atoms with van der Waals surface area (Å²) < 4.78 is 22.2. The van der Waals surface area contributed by atoms with Crippen LogP contribution in [0.15, 0.2) is 0 Å². The Kier molecular flexibility index (Phi) is 5.75. The van der Waals surface area contributed by atoms with E-state index in [1.165, 1.54) is 0 Å². The minimum atomic E-state index is -3.20. The van der Waals surface area contributed by atoms with Gasteiger partial charge in [-0.2, -0.15) is 0 Å². The largest absolute Gasteiger partial charge is 0.480 e. The molecule has 0 heterocycles. The first-order chi connectivity index (χ1) is 9.56. The van der Waals surface area contributed by atoms with E-state index in [4.69, 9.17) is 5.73 Å². The molecule has 1 saturated carbocycles. The number of nitrogens with two attached hydrogens (primary N) is 1. The summed E-state index contributed by atoms with van der Waals surface area (Å²) in [6.45, 7) is 1.95. The Morgan fingerprint density at radius 3 is 2.57 bits per heavy atom. The third kappa shape index (κ3) is 5.28. The van der Waals surface area contributed by atoms with Crippen LogP contribution in [0, 0.1) is 5.92 Å². The third-order valence-corrected chi connectivity index (χ3v) is 4.88. The molecule has 0 bridgehead atoms. The fraction of sp³-hybridized carbons (Fsp3) is 0.846. The number of aliphatic carboxylic acids is 1. The highest BCUT2D eigenvalue weighted by Crippen LogP contribution is 2.32. The molecule has 1 aliphatic carbocycles. The van der Waals surface area contributed by atoms with E-state index in [0.29, 0.717) is 12.8 Å². The van der Waals surface area contributed by atoms with Crippen molar-refractivity contribution >= 4 is 21.7 Å². The maximum absolute atomic E-state index is 12.1. The van der Waals surface area contributed by atoms with Gasteiger partial charge in [0.25, 0.3) is 0 Å². The van der Waals surface area contributed by atoms with E-state index in [2.05, 4.69) is 5.32 Å². The Labute approximate surface area is 125 Å². The summed E-state index contributed by atoms with van der Waals surface area (Å²) in [4.78, 5) is 23.6. The molecular weight excluding hydrogens is 296 g/mol. The van der Waals surface area contributed by atoms with Crippen LogP contribution in [0.2, 0.25) is 0 Å². The van der Waals surface area contributed by atoms with Gasteiger partial charge in [-0.25, -0.2) is 13.2 Å². The molecule has 0 radical (unpaired) electrons. The number of carbonyl (C=O) groups is 2. The van der Waals surface area contributed by atoms with Crippen molar-refractivity contribution < 1.29 is 23.1 Å². The number of nitrogens with one attached hydrogen (secondary N) is 1. The van der Waals surface area contributed by atoms with Crippen molar-refractivity contribution in [1.82, 2.24) is 5.32 Å². The number of sulfone groups is 1. The van der Waals surface area contributed by atoms with E-state index in [-0.39, 0.29) is 18.1 Å². The number of hydrogen-bond acceptors (Lipinski definition) is 5. The van der Waals surface area contributed by atoms with Gasteiger partial charge in [-0.1, -0.05) is 19.8 Å². The Morgan fingerprint density at radius 2 is 2.10 bits per heavy atom. The first-order valence-corrected chi connectivity index (χ1v) is 9.10. The lowest BCUT2D eigenvalue weighted by Crippen LogP contribution is -2.60. The Morgan fingerprint density at radius 1 is 1.48 bits per heavy atom. The molecule has 0 saturated heterocycles. The van der Waals surface area contributed by atoms with Crippen LogP contribution in [0.4, 0.5) is 0 Å². The van der Waals surface area contributed by atoms with Gasteiger partial charge in [0.1, 0.15) is 15.4 Å². The highest BCUT2D eigenvalue weighted by Gasteiger charge is 2.43. The smallest absolute Gasteiger partial charge is 0.329 e. The number of amides is 1. The quantitative estimate of drug-likeness (QED) is 0.627. The second-order valence-electron chi connectivity index (χ2n) is 6.10. The Hall–Kier alpha value is -1.15. The van der Waals surface area contributed by atoms with Crippen molar-refractivity contribution in [3.05, 3.63) is 0 Å². The van der Waals surface area contributed by atoms with E-state index in [1.807, 2.05) is 6.92 Å². The maximum Gasteiger partial charge on any atom is 0.329 e. The highest BCUT2D eigenvalue weighted by atomic mass is 32.2. The zero-order valence-corrected chi connectivity index (χ0v) is 13.3. The van der Waals surface area contributed by atoms with E-state index >= 15 is 0 Å². The molecule has 1 rings (SSSR count). The Bertz CT molecular complexity index is 505. The van der Waals surface area contributed by atoms with Crippen LogP contribution in [0.1, 0.15) is 39.0 Å². The van der Waals surface area contributed by atoms with Crippen LogP contribution in [-0.2, 0) is 19.4 Å². The van der Waals surface area contributed by atoms with E-state index in [1.54, 1.807) is 0 Å². The van der Waals surface area contributed by atoms with Gasteiger partial charge in [0.2, 0.25) is 5.91 Å². The number of carbonyl (C=O) groups excluding carboxylic acids is 1. The normalized spacial score (nSPS) is 27.9. The molecule has 0 aromatic heterocycles. The number of hydrogen-bond donors (Lipinski definition) is 3. The van der Waals surface area contributed by atoms with Crippen LogP contribution in [-0.4, -0.2) is 49.0 Å². The standard InChI is InChI=1S/C13H24N2O5S/c1-9-4-3-6-13(8-9,12(17)18)15-11(16)10(14)5-7-21(2,19)20/h9-10H,3-8,14H2,1-2H3,(H,15,16)(H,17,18). The van der Waals surface area contributed by atoms with Crippen molar-refractivity contribution in [3.8, 4) is 0 Å². The molecule has 1 aliphatic rings. The van der Waals surface area contributed by atoms with Gasteiger partial charge in [0.15, 0.2) is 0 Å². The van der Waals surface area contributed by atoms with Crippen LogP contribution < -0.4 is 11.1 Å². The van der Waals surface area contributed by atoms with Crippen molar-refractivity contribution in [2.24, 2.45) is 11.7 Å². The zero-order valence-electron chi connectivity index (χ0n) is 12.5. The molecule has 3 atom stereocenters. The van der Waals surface area contributed by atoms with Crippen molar-refractivity contribution in [1.29, 1.82) is 0 Å². The summed E-state index contributed by atoms with van der Waals surface area (Å²) in [5, 5.41) is 12.0. The average molecular weight is 320 g/mol. The molecule has 3 unspecified atom stereocenters. The van der Waals surface area contributed by atoms with Crippen molar-refractivity contribution in [2.75, 3.05) is 12.0 Å². The lowest BCUT2D eigenvalue weighted by atomic mass is 9.76. The molecule has 0 spiro atoms. The summed E-state index contributed by atoms with van der Waals surface area (Å²) in [5.41, 5.74) is 4.39. The molecule has 8 heteroatoms. The molecule has 0 aromatic rings. The van der Waals surface area contributed by atoms with E-state index < -0.39 is 33.3 Å². The molecule has 1 amide bonds. The summed E-state index contributed by atoms with van der Waals surface area (Å²) in [5.74, 6) is -1.65. The summed E-state index contributed by atoms with van der Waals surface area (Å²) in [7, 11) is -3.20. The lowest BCUT2D eigenvalue weighted by Gasteiger charge is -2.37. The average Bonchev–Trinajstić information content (AvgIpc) is 2.34. The predicted octanol–water partition coefficient (Wildman–Crippen LogP) is -0.102. The second-order valence-corrected chi connectivity index (χ2v) is 8.36. The first-order valence-electron chi connectivity index (χ1n) is 7.04. The predicted molar refractivity (Wildman–Crippen MR) is 78.4 cm³/mol. The van der Waals surface area contributed by atoms with E-state index in [9.17, 15) is 23.1 Å². The van der Waals surface area contributed by atoms with Crippen LogP contribution in [0.3, 0.4) is 0 Å². The molecule has 4 N–H and O–H groups in total. The topological polar surface area (TPSA) is 127 Å².